The predicted octanol–water partition coefficient (Wildman–Crippen LogP) is 1.98. The van der Waals surface area contributed by atoms with Gasteiger partial charge in [0.25, 0.3) is 5.69 Å². The SMILES string of the molecule is CCS(=O)(=O)c1ccc[n+]([O-])c1-c1nc2cc(C)ccc2n1C. The second-order valence-electron chi connectivity index (χ2n) is 5.44. The van der Waals surface area contributed by atoms with Gasteiger partial charge in [-0.05, 0) is 30.7 Å². The van der Waals surface area contributed by atoms with Gasteiger partial charge in [-0.15, -0.1) is 0 Å². The number of aromatic nitrogens is 3. The first-order valence-electron chi connectivity index (χ1n) is 7.23. The van der Waals surface area contributed by atoms with Gasteiger partial charge in [-0.3, -0.25) is 0 Å². The molecule has 0 fully saturated rings. The van der Waals surface area contributed by atoms with Crippen LogP contribution in [-0.2, 0) is 16.9 Å². The van der Waals surface area contributed by atoms with Gasteiger partial charge in [-0.1, -0.05) is 13.0 Å². The van der Waals surface area contributed by atoms with E-state index < -0.39 is 9.84 Å². The van der Waals surface area contributed by atoms with E-state index in [1.807, 2.05) is 25.1 Å². The van der Waals surface area contributed by atoms with Crippen LogP contribution in [0.5, 0.6) is 0 Å². The van der Waals surface area contributed by atoms with E-state index in [4.69, 9.17) is 0 Å². The molecule has 23 heavy (non-hydrogen) atoms. The molecule has 7 heteroatoms. The molecule has 0 saturated heterocycles. The molecule has 0 bridgehead atoms. The zero-order chi connectivity index (χ0) is 16.8. The van der Waals surface area contributed by atoms with Crippen molar-refractivity contribution in [2.45, 2.75) is 18.7 Å². The summed E-state index contributed by atoms with van der Waals surface area (Å²) in [6, 6.07) is 8.66. The van der Waals surface area contributed by atoms with Crippen molar-refractivity contribution in [2.75, 3.05) is 5.75 Å². The van der Waals surface area contributed by atoms with Gasteiger partial charge in [-0.2, -0.15) is 4.73 Å². The Bertz CT molecular complexity index is 1010. The first kappa shape index (κ1) is 15.5. The van der Waals surface area contributed by atoms with Crippen LogP contribution in [0.15, 0.2) is 41.4 Å². The fraction of sp³-hybridized carbons (Fsp3) is 0.250. The van der Waals surface area contributed by atoms with Crippen molar-refractivity contribution < 1.29 is 13.1 Å². The van der Waals surface area contributed by atoms with E-state index in [1.54, 1.807) is 18.5 Å². The molecular weight excluding hydrogens is 314 g/mol. The maximum Gasteiger partial charge on any atom is 0.278 e. The highest BCUT2D eigenvalue weighted by Gasteiger charge is 2.28. The number of aryl methyl sites for hydroxylation is 2. The molecule has 0 radical (unpaired) electrons. The Morgan fingerprint density at radius 2 is 2.04 bits per heavy atom. The number of nitrogens with zero attached hydrogens (tertiary/aromatic N) is 3. The summed E-state index contributed by atoms with van der Waals surface area (Å²) in [5.74, 6) is 0.265. The predicted molar refractivity (Wildman–Crippen MR) is 87.6 cm³/mol. The minimum Gasteiger partial charge on any atom is -0.618 e. The molecule has 2 heterocycles. The Balaban J connectivity index is 2.38. The lowest BCUT2D eigenvalue weighted by Gasteiger charge is -2.09. The third-order valence-corrected chi connectivity index (χ3v) is 5.65. The number of sulfone groups is 1. The summed E-state index contributed by atoms with van der Waals surface area (Å²) in [6.45, 7) is 3.51. The van der Waals surface area contributed by atoms with Crippen molar-refractivity contribution in [1.82, 2.24) is 9.55 Å². The van der Waals surface area contributed by atoms with E-state index in [-0.39, 0.29) is 16.3 Å². The number of hydrogen-bond acceptors (Lipinski definition) is 4. The molecule has 3 aromatic rings. The Labute approximate surface area is 134 Å². The summed E-state index contributed by atoms with van der Waals surface area (Å²) in [4.78, 5) is 4.50. The third kappa shape index (κ3) is 2.46. The first-order valence-corrected chi connectivity index (χ1v) is 8.88. The van der Waals surface area contributed by atoms with Crippen molar-refractivity contribution >= 4 is 20.9 Å². The van der Waals surface area contributed by atoms with E-state index in [9.17, 15) is 13.6 Å². The molecule has 0 unspecified atom stereocenters. The van der Waals surface area contributed by atoms with Gasteiger partial charge >= 0.3 is 0 Å². The molecule has 3 rings (SSSR count). The molecule has 0 saturated carbocycles. The number of imidazole rings is 1. The summed E-state index contributed by atoms with van der Waals surface area (Å²) < 4.78 is 27.0. The minimum absolute atomic E-state index is 0.00706. The molecular formula is C16H17N3O3S. The lowest BCUT2D eigenvalue weighted by Crippen LogP contribution is -2.31. The molecule has 0 aliphatic heterocycles. The number of rotatable bonds is 3. The average Bonchev–Trinajstić information content (AvgIpc) is 2.83. The summed E-state index contributed by atoms with van der Waals surface area (Å²) in [6.07, 6.45) is 1.29. The van der Waals surface area contributed by atoms with E-state index in [0.717, 1.165) is 16.6 Å². The number of hydrogen-bond donors (Lipinski definition) is 0. The van der Waals surface area contributed by atoms with Crippen molar-refractivity contribution in [3.8, 4) is 11.5 Å². The highest BCUT2D eigenvalue weighted by molar-refractivity contribution is 7.91. The Morgan fingerprint density at radius 1 is 1.30 bits per heavy atom. The van der Waals surface area contributed by atoms with Gasteiger partial charge in [0.15, 0.2) is 16.0 Å². The zero-order valence-electron chi connectivity index (χ0n) is 13.1. The van der Waals surface area contributed by atoms with Gasteiger partial charge in [0.1, 0.15) is 4.90 Å². The molecule has 0 N–H and O–H groups in total. The van der Waals surface area contributed by atoms with E-state index in [2.05, 4.69) is 4.98 Å². The Hall–Kier alpha value is -2.41. The van der Waals surface area contributed by atoms with Crippen LogP contribution in [0.2, 0.25) is 0 Å². The highest BCUT2D eigenvalue weighted by atomic mass is 32.2. The quantitative estimate of drug-likeness (QED) is 0.543. The van der Waals surface area contributed by atoms with Crippen LogP contribution in [0.25, 0.3) is 22.6 Å². The van der Waals surface area contributed by atoms with Crippen LogP contribution in [0.4, 0.5) is 0 Å². The van der Waals surface area contributed by atoms with Crippen LogP contribution >= 0.6 is 0 Å². The van der Waals surface area contributed by atoms with Gasteiger partial charge < -0.3 is 9.77 Å². The molecule has 0 amide bonds. The topological polar surface area (TPSA) is 78.9 Å². The standard InChI is InChI=1S/C16H17N3O3S/c1-4-23(21,22)14-6-5-9-19(20)15(14)16-17-12-10-11(2)7-8-13(12)18(16)3/h5-10H,4H2,1-3H3. The summed E-state index contributed by atoms with van der Waals surface area (Å²) in [7, 11) is -1.76. The van der Waals surface area contributed by atoms with Gasteiger partial charge in [0.2, 0.25) is 5.82 Å². The van der Waals surface area contributed by atoms with Crippen LogP contribution in [0, 0.1) is 12.1 Å². The maximum absolute atomic E-state index is 12.3. The van der Waals surface area contributed by atoms with Crippen molar-refractivity contribution in [1.29, 1.82) is 0 Å². The minimum atomic E-state index is -3.54. The molecule has 2 aromatic heterocycles. The van der Waals surface area contributed by atoms with Crippen LogP contribution < -0.4 is 4.73 Å². The molecule has 0 spiro atoms. The van der Waals surface area contributed by atoms with E-state index in [0.29, 0.717) is 10.6 Å². The lowest BCUT2D eigenvalue weighted by atomic mass is 10.2. The molecule has 0 aliphatic carbocycles. The Kier molecular flexibility index (Phi) is 3.60. The number of fused-ring (bicyclic) bond motifs is 1. The first-order chi connectivity index (χ1) is 10.8. The van der Waals surface area contributed by atoms with Gasteiger partial charge in [-0.25, -0.2) is 13.4 Å². The van der Waals surface area contributed by atoms with Gasteiger partial charge in [0.05, 0.1) is 16.8 Å². The molecule has 0 aliphatic rings. The third-order valence-electron chi connectivity index (χ3n) is 3.89. The highest BCUT2D eigenvalue weighted by Crippen LogP contribution is 2.27. The van der Waals surface area contributed by atoms with E-state index >= 15 is 0 Å². The van der Waals surface area contributed by atoms with Crippen molar-refractivity contribution in [3.05, 3.63) is 47.3 Å². The Morgan fingerprint density at radius 3 is 2.74 bits per heavy atom. The second-order valence-corrected chi connectivity index (χ2v) is 7.68. The smallest absolute Gasteiger partial charge is 0.278 e. The molecule has 0 atom stereocenters. The normalized spacial score (nSPS) is 12.0. The van der Waals surface area contributed by atoms with Crippen LogP contribution in [0.1, 0.15) is 12.5 Å². The average molecular weight is 331 g/mol. The number of benzene rings is 1. The summed E-state index contributed by atoms with van der Waals surface area (Å²) in [5.41, 5.74) is 2.68. The summed E-state index contributed by atoms with van der Waals surface area (Å²) in [5, 5.41) is 12.3. The van der Waals surface area contributed by atoms with Crippen LogP contribution in [0.3, 0.4) is 0 Å². The maximum atomic E-state index is 12.3. The van der Waals surface area contributed by atoms with E-state index in [1.165, 1.54) is 18.3 Å². The molecule has 1 aromatic carbocycles. The molecule has 120 valence electrons. The zero-order valence-corrected chi connectivity index (χ0v) is 14.0. The largest absolute Gasteiger partial charge is 0.618 e. The monoisotopic (exact) mass is 331 g/mol. The van der Waals surface area contributed by atoms with Gasteiger partial charge in [0, 0.05) is 13.1 Å². The van der Waals surface area contributed by atoms with Crippen molar-refractivity contribution in [2.24, 2.45) is 7.05 Å². The van der Waals surface area contributed by atoms with Crippen molar-refractivity contribution in [3.63, 3.8) is 0 Å². The lowest BCUT2D eigenvalue weighted by molar-refractivity contribution is -0.595. The second kappa shape index (κ2) is 5.34. The summed E-state index contributed by atoms with van der Waals surface area (Å²) >= 11 is 0. The fourth-order valence-electron chi connectivity index (χ4n) is 2.61. The van der Waals surface area contributed by atoms with Crippen LogP contribution in [-0.4, -0.2) is 23.7 Å². The number of pyridine rings is 1. The fourth-order valence-corrected chi connectivity index (χ4v) is 3.68. The molecule has 6 nitrogen and oxygen atoms in total.